The maximum Gasteiger partial charge on any atom is 0.0121 e. The highest BCUT2D eigenvalue weighted by Gasteiger charge is 2.31. The fourth-order valence-corrected chi connectivity index (χ4v) is 2.58. The maximum absolute atomic E-state index is 2.69. The second-order valence-electron chi connectivity index (χ2n) is 3.87. The van der Waals surface area contributed by atoms with Crippen LogP contribution in [0.3, 0.4) is 0 Å². The molecule has 0 aromatic carbocycles. The topological polar surface area (TPSA) is 3.24 Å². The molecule has 0 aromatic heterocycles. The van der Waals surface area contributed by atoms with E-state index in [1.807, 2.05) is 0 Å². The van der Waals surface area contributed by atoms with Crippen molar-refractivity contribution in [1.29, 1.82) is 0 Å². The molecule has 0 aromatic rings. The predicted octanol–water partition coefficient (Wildman–Crippen LogP) is 1.88. The van der Waals surface area contributed by atoms with E-state index >= 15 is 0 Å². The lowest BCUT2D eigenvalue weighted by Crippen LogP contribution is -2.39. The van der Waals surface area contributed by atoms with Crippen LogP contribution in [0.25, 0.3) is 0 Å². The highest BCUT2D eigenvalue weighted by atomic mass is 15.2. The molecule has 1 heteroatoms. The highest BCUT2D eigenvalue weighted by molar-refractivity contribution is 4.86. The molecule has 0 radical (unpaired) electrons. The molecular weight excluding hydrogens is 122 g/mol. The molecule has 0 unspecified atom stereocenters. The van der Waals surface area contributed by atoms with Gasteiger partial charge in [-0.05, 0) is 44.7 Å². The van der Waals surface area contributed by atoms with Crippen LogP contribution in [0.5, 0.6) is 0 Å². The Labute approximate surface area is 63.4 Å². The van der Waals surface area contributed by atoms with Gasteiger partial charge in [0.25, 0.3) is 0 Å². The van der Waals surface area contributed by atoms with Gasteiger partial charge in [-0.15, -0.1) is 0 Å². The van der Waals surface area contributed by atoms with Crippen molar-refractivity contribution >= 4 is 0 Å². The van der Waals surface area contributed by atoms with E-state index in [2.05, 4.69) is 11.8 Å². The van der Waals surface area contributed by atoms with E-state index in [0.717, 1.165) is 12.0 Å². The molecule has 2 aliphatic rings. The number of hydrogen-bond acceptors (Lipinski definition) is 1. The van der Waals surface area contributed by atoms with Crippen LogP contribution in [0.4, 0.5) is 0 Å². The van der Waals surface area contributed by atoms with Gasteiger partial charge in [-0.3, -0.25) is 0 Å². The zero-order valence-electron chi connectivity index (χ0n) is 6.84. The molecule has 2 rings (SSSR count). The molecule has 2 atom stereocenters. The van der Waals surface area contributed by atoms with E-state index in [1.165, 1.54) is 38.8 Å². The standard InChI is InChI=1S/C9H17N/c1-8-4-2-6-10-7-3-5-9(8)10/h8-9H,2-7H2,1H3/t8-,9+/m0/s1. The summed E-state index contributed by atoms with van der Waals surface area (Å²) in [5, 5.41) is 0. The van der Waals surface area contributed by atoms with Gasteiger partial charge in [0.2, 0.25) is 0 Å². The predicted molar refractivity (Wildman–Crippen MR) is 43.0 cm³/mol. The third-order valence-corrected chi connectivity index (χ3v) is 3.18. The summed E-state index contributed by atoms with van der Waals surface area (Å²) in [6, 6.07) is 0.966. The van der Waals surface area contributed by atoms with Crippen molar-refractivity contribution in [3.8, 4) is 0 Å². The summed E-state index contributed by atoms with van der Waals surface area (Å²) >= 11 is 0. The van der Waals surface area contributed by atoms with E-state index in [0.29, 0.717) is 0 Å². The van der Waals surface area contributed by atoms with E-state index in [-0.39, 0.29) is 0 Å². The van der Waals surface area contributed by atoms with Gasteiger partial charge in [-0.25, -0.2) is 0 Å². The average molecular weight is 139 g/mol. The molecule has 0 bridgehead atoms. The van der Waals surface area contributed by atoms with Gasteiger partial charge in [0.05, 0.1) is 0 Å². The monoisotopic (exact) mass is 139 g/mol. The van der Waals surface area contributed by atoms with E-state index < -0.39 is 0 Å². The van der Waals surface area contributed by atoms with Crippen molar-refractivity contribution in [2.75, 3.05) is 13.1 Å². The summed E-state index contributed by atoms with van der Waals surface area (Å²) in [6.07, 6.45) is 5.84. The lowest BCUT2D eigenvalue weighted by Gasteiger charge is -2.34. The molecule has 2 aliphatic heterocycles. The van der Waals surface area contributed by atoms with Crippen molar-refractivity contribution in [2.24, 2.45) is 5.92 Å². The molecule has 2 fully saturated rings. The Hall–Kier alpha value is -0.0400. The molecule has 2 saturated heterocycles. The number of rotatable bonds is 0. The summed E-state index contributed by atoms with van der Waals surface area (Å²) < 4.78 is 0. The fourth-order valence-electron chi connectivity index (χ4n) is 2.58. The maximum atomic E-state index is 2.69. The van der Waals surface area contributed by atoms with Gasteiger partial charge in [-0.1, -0.05) is 6.92 Å². The van der Waals surface area contributed by atoms with Crippen LogP contribution in [-0.2, 0) is 0 Å². The summed E-state index contributed by atoms with van der Waals surface area (Å²) in [5.41, 5.74) is 0. The zero-order valence-corrected chi connectivity index (χ0v) is 6.84. The smallest absolute Gasteiger partial charge is 0.0121 e. The first kappa shape index (κ1) is 6.66. The number of piperidine rings is 1. The average Bonchev–Trinajstić information content (AvgIpc) is 2.36. The van der Waals surface area contributed by atoms with Gasteiger partial charge in [0.1, 0.15) is 0 Å². The van der Waals surface area contributed by atoms with Crippen LogP contribution in [-0.4, -0.2) is 24.0 Å². The Morgan fingerprint density at radius 1 is 1.10 bits per heavy atom. The molecule has 0 N–H and O–H groups in total. The minimum atomic E-state index is 0.966. The lowest BCUT2D eigenvalue weighted by molar-refractivity contribution is 0.144. The van der Waals surface area contributed by atoms with Crippen molar-refractivity contribution in [1.82, 2.24) is 4.90 Å². The van der Waals surface area contributed by atoms with Crippen LogP contribution in [0, 0.1) is 5.92 Å². The van der Waals surface area contributed by atoms with Crippen molar-refractivity contribution in [3.63, 3.8) is 0 Å². The quantitative estimate of drug-likeness (QED) is 0.495. The molecule has 1 nitrogen and oxygen atoms in total. The van der Waals surface area contributed by atoms with E-state index in [4.69, 9.17) is 0 Å². The Morgan fingerprint density at radius 2 is 1.80 bits per heavy atom. The molecular formula is C9H17N. The van der Waals surface area contributed by atoms with E-state index in [1.54, 1.807) is 0 Å². The highest BCUT2D eigenvalue weighted by Crippen LogP contribution is 2.30. The van der Waals surface area contributed by atoms with Crippen molar-refractivity contribution in [3.05, 3.63) is 0 Å². The Morgan fingerprint density at radius 3 is 2.50 bits per heavy atom. The Kier molecular flexibility index (Phi) is 1.69. The number of fused-ring (bicyclic) bond motifs is 1. The minimum absolute atomic E-state index is 0.966. The van der Waals surface area contributed by atoms with E-state index in [9.17, 15) is 0 Å². The van der Waals surface area contributed by atoms with Crippen molar-refractivity contribution < 1.29 is 0 Å². The number of nitrogens with zero attached hydrogens (tertiary/aromatic N) is 1. The van der Waals surface area contributed by atoms with Crippen LogP contribution >= 0.6 is 0 Å². The zero-order chi connectivity index (χ0) is 6.97. The summed E-state index contributed by atoms with van der Waals surface area (Å²) in [5.74, 6) is 0.983. The largest absolute Gasteiger partial charge is 0.300 e. The SMILES string of the molecule is C[C@H]1CCCN2CCC[C@H]12. The fraction of sp³-hybridized carbons (Fsp3) is 1.00. The third-order valence-electron chi connectivity index (χ3n) is 3.18. The van der Waals surface area contributed by atoms with Gasteiger partial charge < -0.3 is 4.90 Å². The van der Waals surface area contributed by atoms with Gasteiger partial charge in [0, 0.05) is 6.04 Å². The minimum Gasteiger partial charge on any atom is -0.300 e. The molecule has 0 spiro atoms. The van der Waals surface area contributed by atoms with Crippen LogP contribution in [0.15, 0.2) is 0 Å². The van der Waals surface area contributed by atoms with Gasteiger partial charge in [-0.2, -0.15) is 0 Å². The second kappa shape index (κ2) is 2.54. The number of hydrogen-bond donors (Lipinski definition) is 0. The second-order valence-corrected chi connectivity index (χ2v) is 3.87. The first-order chi connectivity index (χ1) is 4.88. The molecule has 0 amide bonds. The summed E-state index contributed by atoms with van der Waals surface area (Å²) in [7, 11) is 0. The van der Waals surface area contributed by atoms with Crippen molar-refractivity contribution in [2.45, 2.75) is 38.6 Å². The third kappa shape index (κ3) is 0.968. The first-order valence-electron chi connectivity index (χ1n) is 4.62. The molecule has 58 valence electrons. The first-order valence-corrected chi connectivity index (χ1v) is 4.62. The van der Waals surface area contributed by atoms with Crippen LogP contribution in [0.2, 0.25) is 0 Å². The Bertz CT molecular complexity index is 122. The van der Waals surface area contributed by atoms with Crippen LogP contribution < -0.4 is 0 Å². The Balaban J connectivity index is 2.03. The molecule has 0 aliphatic carbocycles. The van der Waals surface area contributed by atoms with Gasteiger partial charge in [0.15, 0.2) is 0 Å². The van der Waals surface area contributed by atoms with Crippen LogP contribution in [0.1, 0.15) is 32.6 Å². The summed E-state index contributed by atoms with van der Waals surface area (Å²) in [4.78, 5) is 2.69. The summed E-state index contributed by atoms with van der Waals surface area (Å²) in [6.45, 7) is 5.19. The molecule has 2 heterocycles. The molecule has 10 heavy (non-hydrogen) atoms. The van der Waals surface area contributed by atoms with Gasteiger partial charge >= 0.3 is 0 Å². The lowest BCUT2D eigenvalue weighted by atomic mass is 9.91. The normalized spacial score (nSPS) is 41.7. The molecule has 0 saturated carbocycles.